The van der Waals surface area contributed by atoms with Crippen LogP contribution >= 0.6 is 0 Å². The summed E-state index contributed by atoms with van der Waals surface area (Å²) in [6.07, 6.45) is 6.06. The van der Waals surface area contributed by atoms with E-state index >= 15 is 0 Å². The van der Waals surface area contributed by atoms with Crippen molar-refractivity contribution in [2.24, 2.45) is 5.92 Å². The van der Waals surface area contributed by atoms with E-state index in [1.807, 2.05) is 0 Å². The molecule has 0 aromatic carbocycles. The zero-order chi connectivity index (χ0) is 14.4. The van der Waals surface area contributed by atoms with E-state index in [2.05, 4.69) is 59.3 Å². The van der Waals surface area contributed by atoms with E-state index in [4.69, 9.17) is 4.52 Å². The second-order valence-electron chi connectivity index (χ2n) is 5.57. The normalized spacial score (nSPS) is 11.4. The quantitative estimate of drug-likeness (QED) is 0.805. The predicted molar refractivity (Wildman–Crippen MR) is 78.4 cm³/mol. The maximum atomic E-state index is 5.19. The Balaban J connectivity index is 1.85. The largest absolute Gasteiger partial charge is 0.346 e. The molecule has 2 heterocycles. The van der Waals surface area contributed by atoms with E-state index in [9.17, 15) is 0 Å². The van der Waals surface area contributed by atoms with Gasteiger partial charge >= 0.3 is 0 Å². The molecule has 0 amide bonds. The highest BCUT2D eigenvalue weighted by molar-refractivity contribution is 5.10. The molecule has 5 nitrogen and oxygen atoms in total. The molecule has 0 saturated heterocycles. The molecule has 5 heteroatoms. The van der Waals surface area contributed by atoms with Gasteiger partial charge in [-0.05, 0) is 30.5 Å². The van der Waals surface area contributed by atoms with Gasteiger partial charge in [0.1, 0.15) is 0 Å². The Morgan fingerprint density at radius 2 is 2.25 bits per heavy atom. The lowest BCUT2D eigenvalue weighted by Gasteiger charge is -2.05. The van der Waals surface area contributed by atoms with E-state index in [1.165, 1.54) is 5.56 Å². The Kier molecular flexibility index (Phi) is 5.35. The summed E-state index contributed by atoms with van der Waals surface area (Å²) in [5.41, 5.74) is 1.28. The van der Waals surface area contributed by atoms with Crippen LogP contribution in [0.1, 0.15) is 44.5 Å². The van der Waals surface area contributed by atoms with Crippen LogP contribution in [0, 0.1) is 5.92 Å². The van der Waals surface area contributed by atoms with Gasteiger partial charge in [-0.15, -0.1) is 0 Å². The summed E-state index contributed by atoms with van der Waals surface area (Å²) in [5.74, 6) is 2.15. The molecule has 0 atom stereocenters. The maximum Gasteiger partial charge on any atom is 0.226 e. The minimum absolute atomic E-state index is 0.664. The first kappa shape index (κ1) is 14.8. The van der Waals surface area contributed by atoms with Crippen molar-refractivity contribution < 1.29 is 4.52 Å². The van der Waals surface area contributed by atoms with Crippen molar-refractivity contribution in [1.82, 2.24) is 20.0 Å². The van der Waals surface area contributed by atoms with Crippen LogP contribution in [0.5, 0.6) is 0 Å². The van der Waals surface area contributed by atoms with Gasteiger partial charge < -0.3 is 14.4 Å². The molecular weight excluding hydrogens is 252 g/mol. The minimum atomic E-state index is 0.664. The third-order valence-electron chi connectivity index (χ3n) is 2.99. The molecule has 0 aliphatic carbocycles. The van der Waals surface area contributed by atoms with Crippen molar-refractivity contribution in [2.75, 3.05) is 6.54 Å². The third-order valence-corrected chi connectivity index (χ3v) is 2.99. The average Bonchev–Trinajstić information content (AvgIpc) is 3.00. The van der Waals surface area contributed by atoms with Crippen molar-refractivity contribution in [3.8, 4) is 0 Å². The summed E-state index contributed by atoms with van der Waals surface area (Å²) in [6, 6.07) is 2.13. The molecule has 2 rings (SSSR count). The first-order valence-electron chi connectivity index (χ1n) is 7.34. The van der Waals surface area contributed by atoms with Gasteiger partial charge in [-0.2, -0.15) is 4.98 Å². The Hall–Kier alpha value is -1.62. The van der Waals surface area contributed by atoms with Gasteiger partial charge in [-0.3, -0.25) is 0 Å². The fourth-order valence-corrected chi connectivity index (χ4v) is 2.03. The molecule has 0 aliphatic heterocycles. The third kappa shape index (κ3) is 4.49. The van der Waals surface area contributed by atoms with Crippen LogP contribution in [0.2, 0.25) is 0 Å². The molecule has 0 fully saturated rings. The lowest BCUT2D eigenvalue weighted by atomic mass is 10.2. The lowest BCUT2D eigenvalue weighted by molar-refractivity contribution is 0.371. The van der Waals surface area contributed by atoms with Crippen LogP contribution in [0.25, 0.3) is 0 Å². The summed E-state index contributed by atoms with van der Waals surface area (Å²) in [7, 11) is 0. The number of nitrogens with zero attached hydrogens (tertiary/aromatic N) is 3. The Morgan fingerprint density at radius 3 is 3.00 bits per heavy atom. The van der Waals surface area contributed by atoms with Gasteiger partial charge in [0.15, 0.2) is 5.82 Å². The van der Waals surface area contributed by atoms with E-state index in [-0.39, 0.29) is 0 Å². The highest BCUT2D eigenvalue weighted by Crippen LogP contribution is 2.06. The van der Waals surface area contributed by atoms with Crippen molar-refractivity contribution in [3.63, 3.8) is 0 Å². The predicted octanol–water partition coefficient (Wildman–Crippen LogP) is 2.62. The fraction of sp³-hybridized carbons (Fsp3) is 0.600. The highest BCUT2D eigenvalue weighted by atomic mass is 16.5. The Morgan fingerprint density at radius 1 is 1.40 bits per heavy atom. The summed E-state index contributed by atoms with van der Waals surface area (Å²) in [5, 5.41) is 7.44. The van der Waals surface area contributed by atoms with Gasteiger partial charge in [0.25, 0.3) is 0 Å². The lowest BCUT2D eigenvalue weighted by Crippen LogP contribution is -2.18. The van der Waals surface area contributed by atoms with E-state index in [0.717, 1.165) is 37.6 Å². The molecule has 0 radical (unpaired) electrons. The standard InChI is InChI=1S/C15H24N4O/c1-4-5-15-17-14(18-20-15)11-19-7-6-13(10-19)9-16-8-12(2)3/h6-7,10,12,16H,4-5,8-9,11H2,1-3H3. The van der Waals surface area contributed by atoms with E-state index < -0.39 is 0 Å². The number of hydrogen-bond acceptors (Lipinski definition) is 4. The number of hydrogen-bond donors (Lipinski definition) is 1. The van der Waals surface area contributed by atoms with Crippen molar-refractivity contribution in [1.29, 1.82) is 0 Å². The van der Waals surface area contributed by atoms with E-state index in [0.29, 0.717) is 12.5 Å². The van der Waals surface area contributed by atoms with Crippen LogP contribution in [0.4, 0.5) is 0 Å². The van der Waals surface area contributed by atoms with Gasteiger partial charge in [0.2, 0.25) is 5.89 Å². The first-order chi connectivity index (χ1) is 9.67. The summed E-state index contributed by atoms with van der Waals surface area (Å²) >= 11 is 0. The molecule has 2 aromatic rings. The average molecular weight is 276 g/mol. The maximum absolute atomic E-state index is 5.19. The van der Waals surface area contributed by atoms with Crippen LogP contribution in [0.3, 0.4) is 0 Å². The number of rotatable bonds is 8. The minimum Gasteiger partial charge on any atom is -0.346 e. The molecular formula is C15H24N4O. The van der Waals surface area contributed by atoms with Gasteiger partial charge in [0, 0.05) is 25.4 Å². The molecule has 110 valence electrons. The number of aryl methyl sites for hydroxylation is 1. The highest BCUT2D eigenvalue weighted by Gasteiger charge is 2.06. The SMILES string of the molecule is CCCc1nc(Cn2ccc(CNCC(C)C)c2)no1. The molecule has 0 unspecified atom stereocenters. The molecule has 0 aliphatic rings. The van der Waals surface area contributed by atoms with Crippen LogP contribution < -0.4 is 5.32 Å². The number of aromatic nitrogens is 3. The van der Waals surface area contributed by atoms with Gasteiger partial charge in [-0.25, -0.2) is 0 Å². The summed E-state index contributed by atoms with van der Waals surface area (Å²) in [4.78, 5) is 4.38. The Labute approximate surface area is 120 Å². The van der Waals surface area contributed by atoms with Crippen molar-refractivity contribution in [3.05, 3.63) is 35.7 Å². The Bertz CT molecular complexity index is 515. The first-order valence-corrected chi connectivity index (χ1v) is 7.34. The topological polar surface area (TPSA) is 55.9 Å². The molecule has 2 aromatic heterocycles. The van der Waals surface area contributed by atoms with Crippen molar-refractivity contribution in [2.45, 2.75) is 46.7 Å². The van der Waals surface area contributed by atoms with E-state index in [1.54, 1.807) is 0 Å². The van der Waals surface area contributed by atoms with Crippen molar-refractivity contribution >= 4 is 0 Å². The van der Waals surface area contributed by atoms with Gasteiger partial charge in [0.05, 0.1) is 6.54 Å². The molecule has 0 spiro atoms. The molecule has 20 heavy (non-hydrogen) atoms. The molecule has 1 N–H and O–H groups in total. The zero-order valence-corrected chi connectivity index (χ0v) is 12.6. The smallest absolute Gasteiger partial charge is 0.226 e. The molecule has 0 saturated carbocycles. The fourth-order valence-electron chi connectivity index (χ4n) is 2.03. The summed E-state index contributed by atoms with van der Waals surface area (Å²) < 4.78 is 7.28. The van der Waals surface area contributed by atoms with Crippen LogP contribution in [-0.2, 0) is 19.5 Å². The second kappa shape index (κ2) is 7.24. The monoisotopic (exact) mass is 276 g/mol. The molecule has 0 bridgehead atoms. The summed E-state index contributed by atoms with van der Waals surface area (Å²) in [6.45, 7) is 9.13. The van der Waals surface area contributed by atoms with Crippen LogP contribution in [-0.4, -0.2) is 21.3 Å². The second-order valence-corrected chi connectivity index (χ2v) is 5.57. The van der Waals surface area contributed by atoms with Crippen LogP contribution in [0.15, 0.2) is 23.0 Å². The van der Waals surface area contributed by atoms with Gasteiger partial charge in [-0.1, -0.05) is 25.9 Å². The zero-order valence-electron chi connectivity index (χ0n) is 12.6. The number of nitrogens with one attached hydrogen (secondary N) is 1.